The van der Waals surface area contributed by atoms with Crippen molar-refractivity contribution < 1.29 is 4.79 Å². The number of fused-ring (bicyclic) bond motifs is 1. The number of pyridine rings is 1. The summed E-state index contributed by atoms with van der Waals surface area (Å²) < 4.78 is 0. The van der Waals surface area contributed by atoms with E-state index in [2.05, 4.69) is 15.6 Å². The number of nitrogen functional groups attached to an aromatic ring is 1. The number of aromatic nitrogens is 1. The lowest BCUT2D eigenvalue weighted by atomic mass is 10.1. The normalized spacial score (nSPS) is 12.9. The summed E-state index contributed by atoms with van der Waals surface area (Å²) in [5.41, 5.74) is 10.3. The van der Waals surface area contributed by atoms with E-state index in [-0.39, 0.29) is 5.91 Å². The average Bonchev–Trinajstić information content (AvgIpc) is 2.76. The van der Waals surface area contributed by atoms with Gasteiger partial charge in [0.25, 0.3) is 0 Å². The topological polar surface area (TPSA) is 80.0 Å². The van der Waals surface area contributed by atoms with Gasteiger partial charge in [-0.2, -0.15) is 0 Å². The summed E-state index contributed by atoms with van der Waals surface area (Å²) in [5, 5.41) is 6.07. The molecular formula is C14H14N4O. The molecule has 0 radical (unpaired) electrons. The quantitative estimate of drug-likeness (QED) is 0.729. The second-order valence-electron chi connectivity index (χ2n) is 4.54. The van der Waals surface area contributed by atoms with Gasteiger partial charge in [-0.25, -0.2) is 0 Å². The Morgan fingerprint density at radius 1 is 1.42 bits per heavy atom. The van der Waals surface area contributed by atoms with Crippen LogP contribution in [-0.4, -0.2) is 10.9 Å². The molecule has 1 aromatic carbocycles. The molecule has 5 nitrogen and oxygen atoms in total. The van der Waals surface area contributed by atoms with Crippen LogP contribution in [0.2, 0.25) is 0 Å². The Hall–Kier alpha value is -2.56. The van der Waals surface area contributed by atoms with Crippen LogP contribution >= 0.6 is 0 Å². The number of nitrogens with zero attached hydrogens (tertiary/aromatic N) is 1. The number of benzene rings is 1. The van der Waals surface area contributed by atoms with Gasteiger partial charge in [-0.3, -0.25) is 9.78 Å². The summed E-state index contributed by atoms with van der Waals surface area (Å²) >= 11 is 0. The van der Waals surface area contributed by atoms with Crippen molar-refractivity contribution in [1.82, 2.24) is 4.98 Å². The van der Waals surface area contributed by atoms with Gasteiger partial charge in [0, 0.05) is 24.6 Å². The molecule has 19 heavy (non-hydrogen) atoms. The van der Waals surface area contributed by atoms with Crippen molar-refractivity contribution in [3.8, 4) is 0 Å². The molecular weight excluding hydrogens is 240 g/mol. The van der Waals surface area contributed by atoms with Crippen molar-refractivity contribution in [2.75, 3.05) is 16.4 Å². The van der Waals surface area contributed by atoms with E-state index in [1.165, 1.54) is 0 Å². The van der Waals surface area contributed by atoms with E-state index in [1.54, 1.807) is 12.4 Å². The fourth-order valence-electron chi connectivity index (χ4n) is 2.15. The van der Waals surface area contributed by atoms with Gasteiger partial charge in [0.1, 0.15) is 0 Å². The number of rotatable bonds is 3. The SMILES string of the molecule is Nc1cc2c(cc1NCc1cccnc1)NC(=O)C2. The second kappa shape index (κ2) is 4.61. The molecule has 1 aliphatic rings. The molecule has 3 rings (SSSR count). The molecule has 4 N–H and O–H groups in total. The van der Waals surface area contributed by atoms with Crippen LogP contribution in [-0.2, 0) is 17.8 Å². The smallest absolute Gasteiger partial charge is 0.228 e. The summed E-state index contributed by atoms with van der Waals surface area (Å²) in [6.45, 7) is 0.644. The Bertz CT molecular complexity index is 625. The van der Waals surface area contributed by atoms with Gasteiger partial charge in [0.05, 0.1) is 17.8 Å². The lowest BCUT2D eigenvalue weighted by Crippen LogP contribution is -2.04. The zero-order valence-electron chi connectivity index (χ0n) is 10.3. The highest BCUT2D eigenvalue weighted by Crippen LogP contribution is 2.31. The summed E-state index contributed by atoms with van der Waals surface area (Å²) in [6.07, 6.45) is 3.95. The first kappa shape index (κ1) is 11.5. The Morgan fingerprint density at radius 3 is 3.11 bits per heavy atom. The molecule has 5 heteroatoms. The highest BCUT2D eigenvalue weighted by atomic mass is 16.1. The predicted octanol–water partition coefficient (Wildman–Crippen LogP) is 1.77. The van der Waals surface area contributed by atoms with Crippen LogP contribution in [0.5, 0.6) is 0 Å². The number of nitrogens with one attached hydrogen (secondary N) is 2. The van der Waals surface area contributed by atoms with Crippen LogP contribution < -0.4 is 16.4 Å². The predicted molar refractivity (Wildman–Crippen MR) is 74.8 cm³/mol. The van der Waals surface area contributed by atoms with Gasteiger partial charge < -0.3 is 16.4 Å². The fourth-order valence-corrected chi connectivity index (χ4v) is 2.15. The lowest BCUT2D eigenvalue weighted by molar-refractivity contribution is -0.115. The van der Waals surface area contributed by atoms with Crippen LogP contribution in [0.1, 0.15) is 11.1 Å². The molecule has 0 aliphatic carbocycles. The highest BCUT2D eigenvalue weighted by molar-refractivity contribution is 6.00. The Kier molecular flexibility index (Phi) is 2.79. The molecule has 96 valence electrons. The third kappa shape index (κ3) is 2.35. The molecule has 2 heterocycles. The summed E-state index contributed by atoms with van der Waals surface area (Å²) in [7, 11) is 0. The van der Waals surface area contributed by atoms with Crippen LogP contribution in [0.15, 0.2) is 36.7 Å². The molecule has 0 saturated heterocycles. The molecule has 1 aromatic heterocycles. The summed E-state index contributed by atoms with van der Waals surface area (Å²) in [4.78, 5) is 15.4. The molecule has 1 amide bonds. The van der Waals surface area contributed by atoms with Gasteiger partial charge in [-0.05, 0) is 29.3 Å². The van der Waals surface area contributed by atoms with Crippen LogP contribution in [0.3, 0.4) is 0 Å². The van der Waals surface area contributed by atoms with Crippen molar-refractivity contribution in [1.29, 1.82) is 0 Å². The number of hydrogen-bond acceptors (Lipinski definition) is 4. The standard InChI is InChI=1S/C14H14N4O/c15-11-4-10-5-14(19)18-12(10)6-13(11)17-8-9-2-1-3-16-7-9/h1-4,6-7,17H,5,8,15H2,(H,18,19). The van der Waals surface area contributed by atoms with Crippen LogP contribution in [0.25, 0.3) is 0 Å². The molecule has 0 atom stereocenters. The number of nitrogens with two attached hydrogens (primary N) is 1. The van der Waals surface area contributed by atoms with E-state index in [9.17, 15) is 4.79 Å². The Labute approximate surface area is 110 Å². The van der Waals surface area contributed by atoms with E-state index in [4.69, 9.17) is 5.73 Å². The third-order valence-electron chi connectivity index (χ3n) is 3.11. The van der Waals surface area contributed by atoms with Crippen molar-refractivity contribution in [3.63, 3.8) is 0 Å². The maximum atomic E-state index is 11.3. The maximum Gasteiger partial charge on any atom is 0.228 e. The van der Waals surface area contributed by atoms with Gasteiger partial charge in [0.15, 0.2) is 0 Å². The summed E-state index contributed by atoms with van der Waals surface area (Å²) in [5.74, 6) is 0.0128. The van der Waals surface area contributed by atoms with E-state index in [0.717, 1.165) is 22.5 Å². The summed E-state index contributed by atoms with van der Waals surface area (Å²) in [6, 6.07) is 7.61. The van der Waals surface area contributed by atoms with Gasteiger partial charge in [-0.1, -0.05) is 6.07 Å². The molecule has 0 saturated carbocycles. The first-order chi connectivity index (χ1) is 9.22. The molecule has 1 aliphatic heterocycles. The molecule has 0 unspecified atom stereocenters. The minimum atomic E-state index is 0.0128. The first-order valence-corrected chi connectivity index (χ1v) is 6.07. The van der Waals surface area contributed by atoms with E-state index < -0.39 is 0 Å². The van der Waals surface area contributed by atoms with Crippen molar-refractivity contribution in [2.45, 2.75) is 13.0 Å². The average molecular weight is 254 g/mol. The zero-order valence-corrected chi connectivity index (χ0v) is 10.3. The largest absolute Gasteiger partial charge is 0.397 e. The lowest BCUT2D eigenvalue weighted by Gasteiger charge is -2.11. The van der Waals surface area contributed by atoms with Crippen molar-refractivity contribution in [3.05, 3.63) is 47.8 Å². The van der Waals surface area contributed by atoms with Crippen molar-refractivity contribution >= 4 is 23.0 Å². The molecule has 0 bridgehead atoms. The number of carbonyl (C=O) groups is 1. The van der Waals surface area contributed by atoms with E-state index in [0.29, 0.717) is 18.7 Å². The maximum absolute atomic E-state index is 11.3. The van der Waals surface area contributed by atoms with E-state index >= 15 is 0 Å². The Balaban J connectivity index is 1.79. The highest BCUT2D eigenvalue weighted by Gasteiger charge is 2.19. The van der Waals surface area contributed by atoms with E-state index in [1.807, 2.05) is 24.3 Å². The van der Waals surface area contributed by atoms with Gasteiger partial charge >= 0.3 is 0 Å². The molecule has 0 spiro atoms. The Morgan fingerprint density at radius 2 is 2.32 bits per heavy atom. The van der Waals surface area contributed by atoms with Crippen LogP contribution in [0.4, 0.5) is 17.1 Å². The first-order valence-electron chi connectivity index (χ1n) is 6.07. The minimum absolute atomic E-state index is 0.0128. The third-order valence-corrected chi connectivity index (χ3v) is 3.11. The number of carbonyl (C=O) groups excluding carboxylic acids is 1. The van der Waals surface area contributed by atoms with Crippen LogP contribution in [0, 0.1) is 0 Å². The number of amides is 1. The number of hydrogen-bond donors (Lipinski definition) is 3. The second-order valence-corrected chi connectivity index (χ2v) is 4.54. The minimum Gasteiger partial charge on any atom is -0.397 e. The molecule has 0 fully saturated rings. The van der Waals surface area contributed by atoms with Gasteiger partial charge in [0.2, 0.25) is 5.91 Å². The number of anilines is 3. The fraction of sp³-hybridized carbons (Fsp3) is 0.143. The monoisotopic (exact) mass is 254 g/mol. The van der Waals surface area contributed by atoms with Gasteiger partial charge in [-0.15, -0.1) is 0 Å². The van der Waals surface area contributed by atoms with Crippen molar-refractivity contribution in [2.24, 2.45) is 0 Å². The zero-order chi connectivity index (χ0) is 13.2. The molecule has 2 aromatic rings.